The van der Waals surface area contributed by atoms with Crippen molar-refractivity contribution in [2.75, 3.05) is 47.5 Å². The Morgan fingerprint density at radius 1 is 0.852 bits per heavy atom. The van der Waals surface area contributed by atoms with Crippen molar-refractivity contribution in [1.82, 2.24) is 40.4 Å². The molecule has 1 aliphatic rings. The molecule has 4 N–H and O–H groups in total. The highest BCUT2D eigenvalue weighted by Crippen LogP contribution is 2.38. The molecule has 14 nitrogen and oxygen atoms in total. The van der Waals surface area contributed by atoms with Crippen molar-refractivity contribution in [2.45, 2.75) is 86.2 Å². The summed E-state index contributed by atoms with van der Waals surface area (Å²) in [6.07, 6.45) is 16.5. The minimum atomic E-state index is -0.638. The number of aromatic nitrogens is 4. The number of carbonyl (C=O) groups is 4. The third-order valence-electron chi connectivity index (χ3n) is 8.71. The number of hydrogen-bond acceptors (Lipinski definition) is 8. The number of aromatic amines is 2. The number of nitrogens with zero attached hydrogens (tertiary/aromatic N) is 4. The predicted octanol–water partition coefficient (Wildman–Crippen LogP) is 7.35. The lowest BCUT2D eigenvalue weighted by Crippen LogP contribution is -2.40. The van der Waals surface area contributed by atoms with Gasteiger partial charge in [0.2, 0.25) is 18.2 Å². The maximum absolute atomic E-state index is 12.9. The number of methoxy groups -OCH3 is 2. The summed E-state index contributed by atoms with van der Waals surface area (Å²) >= 11 is 0. The van der Waals surface area contributed by atoms with Crippen LogP contribution in [-0.4, -0.2) is 102 Å². The van der Waals surface area contributed by atoms with Crippen molar-refractivity contribution >= 4 is 24.3 Å². The van der Waals surface area contributed by atoms with Crippen LogP contribution in [0.2, 0.25) is 0 Å². The quantitative estimate of drug-likeness (QED) is 0.0799. The summed E-state index contributed by atoms with van der Waals surface area (Å²) < 4.78 is 8.85. The molecule has 0 bridgehead atoms. The summed E-state index contributed by atoms with van der Waals surface area (Å²) in [6, 6.07) is 15.6. The summed E-state index contributed by atoms with van der Waals surface area (Å²) in [6.45, 7) is 13.9. The van der Waals surface area contributed by atoms with Crippen molar-refractivity contribution in [3.8, 4) is 47.2 Å². The van der Waals surface area contributed by atoms with Gasteiger partial charge in [0.15, 0.2) is 0 Å². The lowest BCUT2D eigenvalue weighted by atomic mass is 9.97. The van der Waals surface area contributed by atoms with Crippen molar-refractivity contribution in [1.29, 1.82) is 0 Å². The van der Waals surface area contributed by atoms with Crippen LogP contribution in [0, 0.1) is 30.6 Å². The Bertz CT molecular complexity index is 1940. The van der Waals surface area contributed by atoms with Gasteiger partial charge < -0.3 is 39.9 Å². The zero-order valence-corrected chi connectivity index (χ0v) is 37.5. The highest BCUT2D eigenvalue weighted by molar-refractivity contribution is 5.83. The first kappa shape index (κ1) is 52.6. The van der Waals surface area contributed by atoms with E-state index in [1.54, 1.807) is 36.4 Å². The number of hydrogen-bond donors (Lipinski definition) is 4. The molecule has 1 saturated heterocycles. The fraction of sp³-hybridized carbons (Fsp3) is 0.447. The molecule has 2 atom stereocenters. The fourth-order valence-corrected chi connectivity index (χ4v) is 6.07. The number of H-pyrrole nitrogens is 2. The molecule has 5 rings (SSSR count). The van der Waals surface area contributed by atoms with E-state index in [-0.39, 0.29) is 36.9 Å². The number of imidazole rings is 2. The Balaban J connectivity index is 0.00000153. The molecule has 61 heavy (non-hydrogen) atoms. The fourth-order valence-electron chi connectivity index (χ4n) is 6.07. The van der Waals surface area contributed by atoms with Gasteiger partial charge in [-0.2, -0.15) is 0 Å². The molecule has 1 unspecified atom stereocenters. The van der Waals surface area contributed by atoms with Gasteiger partial charge in [-0.05, 0) is 54.2 Å². The lowest BCUT2D eigenvalue weighted by molar-refractivity contribution is -0.132. The Morgan fingerprint density at radius 2 is 1.38 bits per heavy atom. The monoisotopic (exact) mass is 839 g/mol. The Labute approximate surface area is 363 Å². The van der Waals surface area contributed by atoms with Crippen LogP contribution in [0.4, 0.5) is 4.79 Å². The second-order valence-electron chi connectivity index (χ2n) is 13.8. The standard InChI is InChI=1S/C37H42N8O5.2C3H8.C2H6O.C2H2/c1-4-17-44(33(47)21-38-24-46)23-32-39-19-30(42-32)28-12-8-25(9-13-28)6-7-26-10-14-29(15-11-26)31-20-40-36(43-31)35-27(5-2)16-18-45(35)34(48)22-41-37(49)50-3;3*1-3-2;1-2/h8-15,19-20,24,27,35H,4-5,16-18,21-23H2,1-3H3,(H,38,46)(H,39,42)(H,40,43)(H,41,49);2*3H2,1-2H3;1-2H3;1-2H/t27-,35?;;;;/m1..../s1. The molecule has 1 aliphatic heterocycles. The lowest BCUT2D eigenvalue weighted by Gasteiger charge is -2.26. The highest BCUT2D eigenvalue weighted by Gasteiger charge is 2.38. The number of amides is 4. The van der Waals surface area contributed by atoms with Crippen LogP contribution in [0.25, 0.3) is 22.5 Å². The predicted molar refractivity (Wildman–Crippen MR) is 242 cm³/mol. The molecule has 330 valence electrons. The molecule has 3 heterocycles. The van der Waals surface area contributed by atoms with E-state index in [1.165, 1.54) is 20.0 Å². The summed E-state index contributed by atoms with van der Waals surface area (Å²) in [5.41, 5.74) is 5.30. The summed E-state index contributed by atoms with van der Waals surface area (Å²) in [5.74, 6) is 7.76. The molecule has 0 saturated carbocycles. The third kappa shape index (κ3) is 17.8. The van der Waals surface area contributed by atoms with Gasteiger partial charge in [0, 0.05) is 38.4 Å². The SMILES string of the molecule is C#C.CCC.CCC.CCCN(Cc1ncc(-c2ccc(C#Cc3ccc(-c4cnc(C5[C@H](CC)CCN5C(=O)CNC(=O)OC)[nH]4)cc3)cc2)[nH]1)C(=O)CNC=O.COC. The number of rotatable bonds is 13. The van der Waals surface area contributed by atoms with Crippen LogP contribution < -0.4 is 10.6 Å². The number of alkyl carbamates (subject to hydrolysis) is 1. The van der Waals surface area contributed by atoms with Crippen LogP contribution in [-0.2, 0) is 30.4 Å². The van der Waals surface area contributed by atoms with Crippen molar-refractivity contribution in [3.05, 3.63) is 83.7 Å². The topological polar surface area (TPSA) is 175 Å². The maximum Gasteiger partial charge on any atom is 0.407 e. The molecule has 2 aromatic heterocycles. The van der Waals surface area contributed by atoms with Gasteiger partial charge >= 0.3 is 6.09 Å². The van der Waals surface area contributed by atoms with E-state index in [1.807, 2.05) is 55.5 Å². The minimum Gasteiger partial charge on any atom is -0.453 e. The Kier molecular flexibility index (Phi) is 26.4. The number of terminal acetylenes is 1. The highest BCUT2D eigenvalue weighted by atomic mass is 16.5. The summed E-state index contributed by atoms with van der Waals surface area (Å²) in [7, 11) is 4.52. The molecule has 2 aromatic carbocycles. The second-order valence-corrected chi connectivity index (χ2v) is 13.8. The zero-order valence-electron chi connectivity index (χ0n) is 37.5. The van der Waals surface area contributed by atoms with Gasteiger partial charge in [0.25, 0.3) is 0 Å². The molecule has 4 aromatic rings. The summed E-state index contributed by atoms with van der Waals surface area (Å²) in [4.78, 5) is 66.7. The zero-order chi connectivity index (χ0) is 45.6. The first-order valence-electron chi connectivity index (χ1n) is 20.7. The molecule has 1 fully saturated rings. The van der Waals surface area contributed by atoms with E-state index in [4.69, 9.17) is 0 Å². The second kappa shape index (κ2) is 30.6. The molecular formula is C47H66N8O6. The molecule has 0 radical (unpaired) electrons. The van der Waals surface area contributed by atoms with Crippen LogP contribution in [0.15, 0.2) is 60.9 Å². The van der Waals surface area contributed by atoms with E-state index in [2.05, 4.69) is 99.3 Å². The van der Waals surface area contributed by atoms with Crippen LogP contribution in [0.3, 0.4) is 0 Å². The van der Waals surface area contributed by atoms with Gasteiger partial charge in [-0.1, -0.05) is 96.9 Å². The van der Waals surface area contributed by atoms with Gasteiger partial charge in [-0.3, -0.25) is 14.4 Å². The van der Waals surface area contributed by atoms with Gasteiger partial charge in [-0.25, -0.2) is 14.8 Å². The van der Waals surface area contributed by atoms with Crippen LogP contribution in [0.5, 0.6) is 0 Å². The number of carbonyl (C=O) groups excluding carboxylic acids is 4. The van der Waals surface area contributed by atoms with Gasteiger partial charge in [-0.15, -0.1) is 12.8 Å². The van der Waals surface area contributed by atoms with Crippen molar-refractivity contribution in [3.63, 3.8) is 0 Å². The summed E-state index contributed by atoms with van der Waals surface area (Å²) in [5, 5.41) is 4.90. The largest absolute Gasteiger partial charge is 0.453 e. The molecule has 0 aliphatic carbocycles. The molecule has 4 amide bonds. The normalized spacial score (nSPS) is 13.3. The average Bonchev–Trinajstić information content (AvgIpc) is 4.06. The van der Waals surface area contributed by atoms with Crippen molar-refractivity contribution in [2.24, 2.45) is 5.92 Å². The number of benzene rings is 2. The van der Waals surface area contributed by atoms with Crippen LogP contribution in [0.1, 0.15) is 102 Å². The van der Waals surface area contributed by atoms with Gasteiger partial charge in [0.1, 0.15) is 18.2 Å². The average molecular weight is 839 g/mol. The Morgan fingerprint density at radius 3 is 1.87 bits per heavy atom. The first-order valence-corrected chi connectivity index (χ1v) is 20.7. The molecule has 14 heteroatoms. The molecular weight excluding hydrogens is 773 g/mol. The van der Waals surface area contributed by atoms with E-state index in [0.717, 1.165) is 58.7 Å². The first-order chi connectivity index (χ1) is 29.6. The van der Waals surface area contributed by atoms with E-state index >= 15 is 0 Å². The van der Waals surface area contributed by atoms with E-state index < -0.39 is 6.09 Å². The minimum absolute atomic E-state index is 0.0429. The van der Waals surface area contributed by atoms with Crippen molar-refractivity contribution < 1.29 is 28.7 Å². The molecule has 0 spiro atoms. The number of nitrogens with one attached hydrogen (secondary N) is 4. The number of ether oxygens (including phenoxy) is 2. The smallest absolute Gasteiger partial charge is 0.407 e. The Hall–Kier alpha value is -6.38. The number of likely N-dealkylation sites (tertiary alicyclic amines) is 1. The van der Waals surface area contributed by atoms with E-state index in [9.17, 15) is 19.2 Å². The maximum atomic E-state index is 12.9. The van der Waals surface area contributed by atoms with Crippen LogP contribution >= 0.6 is 0 Å². The third-order valence-corrected chi connectivity index (χ3v) is 8.71. The van der Waals surface area contributed by atoms with E-state index in [0.29, 0.717) is 31.9 Å². The van der Waals surface area contributed by atoms with Gasteiger partial charge in [0.05, 0.1) is 50.0 Å².